The van der Waals surface area contributed by atoms with Gasteiger partial charge in [-0.05, 0) is 42.0 Å². The zero-order valence-electron chi connectivity index (χ0n) is 16.5. The lowest BCUT2D eigenvalue weighted by Crippen LogP contribution is -2.14. The van der Waals surface area contributed by atoms with Gasteiger partial charge >= 0.3 is 5.97 Å². The highest BCUT2D eigenvalue weighted by Gasteiger charge is 2.15. The van der Waals surface area contributed by atoms with E-state index in [1.165, 1.54) is 5.56 Å². The summed E-state index contributed by atoms with van der Waals surface area (Å²) in [6.45, 7) is 4.33. The molecule has 0 aliphatic heterocycles. The van der Waals surface area contributed by atoms with E-state index in [-0.39, 0.29) is 11.9 Å². The highest BCUT2D eigenvalue weighted by Crippen LogP contribution is 2.30. The van der Waals surface area contributed by atoms with Crippen molar-refractivity contribution in [1.29, 1.82) is 0 Å². The number of aromatic nitrogens is 2. The second-order valence-corrected chi connectivity index (χ2v) is 7.18. The molecule has 4 rings (SSSR count). The van der Waals surface area contributed by atoms with Crippen LogP contribution in [0.2, 0.25) is 0 Å². The largest absolute Gasteiger partial charge is 0.426 e. The van der Waals surface area contributed by atoms with Crippen LogP contribution in [-0.4, -0.2) is 15.4 Å². The molecule has 5 heteroatoms. The number of nitrogens with one attached hydrogen (secondary N) is 1. The molecule has 0 unspecified atom stereocenters. The second-order valence-electron chi connectivity index (χ2n) is 7.18. The van der Waals surface area contributed by atoms with Crippen LogP contribution in [0.15, 0.2) is 79.0 Å². The maximum absolute atomic E-state index is 11.8. The zero-order chi connectivity index (χ0) is 20.2. The molecule has 29 heavy (non-hydrogen) atoms. The number of nitrogens with zero attached hydrogens (tertiary/aromatic N) is 2. The van der Waals surface area contributed by atoms with Crippen LogP contribution in [0.1, 0.15) is 19.4 Å². The molecule has 0 amide bonds. The number of ether oxygens (including phenoxy) is 1. The van der Waals surface area contributed by atoms with Crippen molar-refractivity contribution < 1.29 is 9.53 Å². The van der Waals surface area contributed by atoms with Crippen LogP contribution >= 0.6 is 0 Å². The van der Waals surface area contributed by atoms with Gasteiger partial charge in [0.1, 0.15) is 22.9 Å². The number of fused-ring (bicyclic) bond motifs is 1. The predicted octanol–water partition coefficient (Wildman–Crippen LogP) is 5.17. The van der Waals surface area contributed by atoms with Crippen LogP contribution in [0.4, 0.5) is 5.82 Å². The molecular formula is C24H23N3O2. The summed E-state index contributed by atoms with van der Waals surface area (Å²) in [4.78, 5) is 16.6. The summed E-state index contributed by atoms with van der Waals surface area (Å²) in [5, 5.41) is 3.53. The minimum Gasteiger partial charge on any atom is -0.426 e. The fourth-order valence-corrected chi connectivity index (χ4v) is 3.06. The van der Waals surface area contributed by atoms with Gasteiger partial charge < -0.3 is 10.1 Å². The SMILES string of the molecule is CC(C)C(=O)Oc1ccc(-c2nc3ccccn3c2NCc2ccccc2)cc1. The number of rotatable bonds is 6. The number of carbonyl (C=O) groups is 1. The Morgan fingerprint density at radius 3 is 2.45 bits per heavy atom. The third-order valence-corrected chi connectivity index (χ3v) is 4.65. The molecule has 0 fully saturated rings. The maximum atomic E-state index is 11.8. The van der Waals surface area contributed by atoms with Gasteiger partial charge in [0.25, 0.3) is 0 Å². The van der Waals surface area contributed by atoms with E-state index in [0.29, 0.717) is 12.3 Å². The number of carbonyl (C=O) groups excluding carboxylic acids is 1. The van der Waals surface area contributed by atoms with Crippen molar-refractivity contribution in [2.75, 3.05) is 5.32 Å². The first-order chi connectivity index (χ1) is 14.1. The lowest BCUT2D eigenvalue weighted by Gasteiger charge is -2.10. The van der Waals surface area contributed by atoms with Crippen molar-refractivity contribution in [3.8, 4) is 17.0 Å². The molecule has 2 heterocycles. The third-order valence-electron chi connectivity index (χ3n) is 4.65. The Labute approximate surface area is 170 Å². The Hall–Kier alpha value is -3.60. The summed E-state index contributed by atoms with van der Waals surface area (Å²) in [6, 6.07) is 23.7. The Bertz CT molecular complexity index is 1120. The summed E-state index contributed by atoms with van der Waals surface area (Å²) < 4.78 is 7.43. The molecule has 2 aromatic heterocycles. The minimum atomic E-state index is -0.240. The smallest absolute Gasteiger partial charge is 0.313 e. The van der Waals surface area contributed by atoms with Gasteiger partial charge in [0.15, 0.2) is 0 Å². The van der Waals surface area contributed by atoms with Crippen molar-refractivity contribution in [1.82, 2.24) is 9.38 Å². The summed E-state index contributed by atoms with van der Waals surface area (Å²) in [5.41, 5.74) is 3.87. The monoisotopic (exact) mass is 385 g/mol. The topological polar surface area (TPSA) is 55.6 Å². The lowest BCUT2D eigenvalue weighted by atomic mass is 10.1. The molecule has 0 saturated carbocycles. The van der Waals surface area contributed by atoms with Gasteiger partial charge in [-0.15, -0.1) is 0 Å². The van der Waals surface area contributed by atoms with Gasteiger partial charge in [0.2, 0.25) is 0 Å². The van der Waals surface area contributed by atoms with E-state index in [4.69, 9.17) is 9.72 Å². The van der Waals surface area contributed by atoms with E-state index in [1.54, 1.807) is 12.1 Å². The third kappa shape index (κ3) is 4.14. The standard InChI is InChI=1S/C24H23N3O2/c1-17(2)24(28)29-20-13-11-19(12-14-20)22-23(25-16-18-8-4-3-5-9-18)27-15-7-6-10-21(27)26-22/h3-15,17,25H,16H2,1-2H3. The molecule has 0 radical (unpaired) electrons. The quantitative estimate of drug-likeness (QED) is 0.367. The summed E-state index contributed by atoms with van der Waals surface area (Å²) in [6.07, 6.45) is 2.00. The Kier molecular flexibility index (Phi) is 5.29. The van der Waals surface area contributed by atoms with Crippen LogP contribution in [0.25, 0.3) is 16.9 Å². The van der Waals surface area contributed by atoms with Crippen molar-refractivity contribution in [2.24, 2.45) is 5.92 Å². The van der Waals surface area contributed by atoms with E-state index in [0.717, 1.165) is 22.7 Å². The van der Waals surface area contributed by atoms with Crippen LogP contribution in [-0.2, 0) is 11.3 Å². The van der Waals surface area contributed by atoms with E-state index < -0.39 is 0 Å². The molecular weight excluding hydrogens is 362 g/mol. The average Bonchev–Trinajstić information content (AvgIpc) is 3.12. The van der Waals surface area contributed by atoms with E-state index in [2.05, 4.69) is 17.4 Å². The van der Waals surface area contributed by atoms with Gasteiger partial charge in [-0.1, -0.05) is 50.2 Å². The number of benzene rings is 2. The molecule has 146 valence electrons. The Balaban J connectivity index is 1.65. The Morgan fingerprint density at radius 1 is 1.00 bits per heavy atom. The summed E-state index contributed by atoms with van der Waals surface area (Å²) >= 11 is 0. The Morgan fingerprint density at radius 2 is 1.72 bits per heavy atom. The predicted molar refractivity (Wildman–Crippen MR) is 115 cm³/mol. The minimum absolute atomic E-state index is 0.165. The van der Waals surface area contributed by atoms with Gasteiger partial charge in [0.05, 0.1) is 5.92 Å². The van der Waals surface area contributed by atoms with Crippen LogP contribution in [0.5, 0.6) is 5.75 Å². The number of esters is 1. The molecule has 0 atom stereocenters. The fourth-order valence-electron chi connectivity index (χ4n) is 3.06. The number of hydrogen-bond acceptors (Lipinski definition) is 4. The highest BCUT2D eigenvalue weighted by molar-refractivity contribution is 5.78. The van der Waals surface area contributed by atoms with Crippen LogP contribution in [0, 0.1) is 5.92 Å². The first-order valence-corrected chi connectivity index (χ1v) is 9.69. The number of pyridine rings is 1. The molecule has 0 aliphatic carbocycles. The van der Waals surface area contributed by atoms with Crippen molar-refractivity contribution in [2.45, 2.75) is 20.4 Å². The van der Waals surface area contributed by atoms with E-state index in [9.17, 15) is 4.79 Å². The van der Waals surface area contributed by atoms with Crippen molar-refractivity contribution >= 4 is 17.4 Å². The van der Waals surface area contributed by atoms with Gasteiger partial charge in [-0.25, -0.2) is 4.98 Å². The highest BCUT2D eigenvalue weighted by atomic mass is 16.5. The molecule has 0 aliphatic rings. The van der Waals surface area contributed by atoms with E-state index >= 15 is 0 Å². The molecule has 1 N–H and O–H groups in total. The number of imidazole rings is 1. The molecule has 0 saturated heterocycles. The molecule has 0 bridgehead atoms. The zero-order valence-corrected chi connectivity index (χ0v) is 16.5. The summed E-state index contributed by atoms with van der Waals surface area (Å²) in [7, 11) is 0. The van der Waals surface area contributed by atoms with Gasteiger partial charge in [-0.2, -0.15) is 0 Å². The van der Waals surface area contributed by atoms with Crippen molar-refractivity contribution in [3.63, 3.8) is 0 Å². The lowest BCUT2D eigenvalue weighted by molar-refractivity contribution is -0.137. The molecule has 0 spiro atoms. The first-order valence-electron chi connectivity index (χ1n) is 9.69. The van der Waals surface area contributed by atoms with E-state index in [1.807, 2.05) is 73.0 Å². The molecule has 2 aromatic carbocycles. The van der Waals surface area contributed by atoms with Gasteiger partial charge in [0, 0.05) is 18.3 Å². The number of hydrogen-bond donors (Lipinski definition) is 1. The van der Waals surface area contributed by atoms with Crippen molar-refractivity contribution in [3.05, 3.63) is 84.6 Å². The molecule has 4 aromatic rings. The normalized spacial score (nSPS) is 11.0. The summed E-state index contributed by atoms with van der Waals surface area (Å²) in [5.74, 6) is 1.06. The van der Waals surface area contributed by atoms with Gasteiger partial charge in [-0.3, -0.25) is 9.20 Å². The molecule has 5 nitrogen and oxygen atoms in total. The first kappa shape index (κ1) is 18.7. The van der Waals surface area contributed by atoms with Crippen LogP contribution < -0.4 is 10.1 Å². The average molecular weight is 385 g/mol. The number of anilines is 1. The maximum Gasteiger partial charge on any atom is 0.313 e. The fraction of sp³-hybridized carbons (Fsp3) is 0.167. The second kappa shape index (κ2) is 8.19. The van der Waals surface area contributed by atoms with Crippen LogP contribution in [0.3, 0.4) is 0 Å².